The molecule has 220 valence electrons. The number of halogens is 2. The van der Waals surface area contributed by atoms with E-state index in [1.54, 1.807) is 0 Å². The monoisotopic (exact) mass is 642 g/mol. The maximum atomic E-state index is 13.3. The number of phenolic OH excluding ortho intramolecular Hbond substituents is 1. The molecule has 0 spiro atoms. The van der Waals surface area contributed by atoms with Crippen LogP contribution in [-0.2, 0) is 11.2 Å². The lowest BCUT2D eigenvalue weighted by Gasteiger charge is -2.31. The van der Waals surface area contributed by atoms with E-state index in [-0.39, 0.29) is 44.7 Å². The van der Waals surface area contributed by atoms with Gasteiger partial charge in [0.1, 0.15) is 12.0 Å². The molecule has 0 aliphatic carbocycles. The van der Waals surface area contributed by atoms with Crippen molar-refractivity contribution < 1.29 is 19.6 Å². The quantitative estimate of drug-likeness (QED) is 0.0798. The summed E-state index contributed by atoms with van der Waals surface area (Å²) in [7, 11) is 0. The van der Waals surface area contributed by atoms with Gasteiger partial charge in [-0.3, -0.25) is 19.7 Å². The molecule has 0 aromatic heterocycles. The lowest BCUT2D eigenvalue weighted by molar-refractivity contribution is -0.384. The van der Waals surface area contributed by atoms with Crippen molar-refractivity contribution in [3.05, 3.63) is 153 Å². The van der Waals surface area contributed by atoms with E-state index in [2.05, 4.69) is 5.32 Å². The summed E-state index contributed by atoms with van der Waals surface area (Å²) in [5.41, 5.74) is 0.0207. The zero-order valence-corrected chi connectivity index (χ0v) is 25.5. The van der Waals surface area contributed by atoms with Crippen LogP contribution in [-0.4, -0.2) is 27.5 Å². The minimum absolute atomic E-state index is 0.000915. The Hall–Kier alpha value is -4.68. The number of carbonyl (C=O) groups excluding carboxylic acids is 2. The van der Waals surface area contributed by atoms with Crippen molar-refractivity contribution in [3.63, 3.8) is 0 Å². The van der Waals surface area contributed by atoms with Gasteiger partial charge >= 0.3 is 0 Å². The van der Waals surface area contributed by atoms with Crippen molar-refractivity contribution in [1.82, 2.24) is 0 Å². The van der Waals surface area contributed by atoms with E-state index in [9.17, 15) is 24.8 Å². The third-order valence-corrected chi connectivity index (χ3v) is 12.1. The van der Waals surface area contributed by atoms with Crippen LogP contribution in [0.5, 0.6) is 5.75 Å². The molecule has 5 aromatic rings. The van der Waals surface area contributed by atoms with Crippen LogP contribution >= 0.6 is 30.1 Å². The third-order valence-electron chi connectivity index (χ3n) is 7.18. The summed E-state index contributed by atoms with van der Waals surface area (Å²) in [5, 5.41) is 28.6. The van der Waals surface area contributed by atoms with Crippen molar-refractivity contribution in [2.75, 3.05) is 5.32 Å². The molecule has 0 aliphatic rings. The number of aromatic hydroxyl groups is 1. The number of hydrogen-bond acceptors (Lipinski definition) is 5. The molecule has 0 unspecified atom stereocenters. The smallest absolute Gasteiger partial charge is 0.271 e. The van der Waals surface area contributed by atoms with E-state index >= 15 is 0 Å². The molecule has 0 saturated heterocycles. The highest BCUT2D eigenvalue weighted by atomic mass is 35.5. The molecule has 0 atom stereocenters. The number of benzene rings is 5. The number of hydrogen-bond donors (Lipinski definition) is 2. The molecule has 5 aromatic carbocycles. The fraction of sp³-hybridized carbons (Fsp3) is 0.0294. The number of non-ortho nitro benzene ring substituents is 1. The SMILES string of the molecule is O=CC(Cc1cc(Cl)cc(C(=O)Nc2ccc([N+](=O)[O-])cc2Cl)c1O)=P(c1ccccc1)(c1ccccc1)c1ccccc1. The van der Waals surface area contributed by atoms with E-state index in [4.69, 9.17) is 23.2 Å². The summed E-state index contributed by atoms with van der Waals surface area (Å²) in [6, 6.07) is 35.8. The average molecular weight is 643 g/mol. The predicted molar refractivity (Wildman–Crippen MR) is 179 cm³/mol. The molecule has 0 heterocycles. The molecular formula is C34H25Cl2N2O5P. The van der Waals surface area contributed by atoms with Crippen molar-refractivity contribution in [2.45, 2.75) is 6.42 Å². The highest BCUT2D eigenvalue weighted by Crippen LogP contribution is 2.47. The lowest BCUT2D eigenvalue weighted by Crippen LogP contribution is -2.31. The molecule has 5 rings (SSSR count). The van der Waals surface area contributed by atoms with Crippen LogP contribution in [0, 0.1) is 10.1 Å². The highest BCUT2D eigenvalue weighted by Gasteiger charge is 2.30. The first-order chi connectivity index (χ1) is 21.2. The second-order valence-corrected chi connectivity index (χ2v) is 14.1. The molecule has 1 amide bonds. The first-order valence-corrected chi connectivity index (χ1v) is 15.9. The molecule has 0 bridgehead atoms. The molecule has 10 heteroatoms. The second kappa shape index (κ2) is 13.3. The van der Waals surface area contributed by atoms with Gasteiger partial charge in [-0.15, -0.1) is 0 Å². The number of anilines is 1. The van der Waals surface area contributed by atoms with Crippen molar-refractivity contribution >= 4 is 74.9 Å². The van der Waals surface area contributed by atoms with Crippen LogP contribution in [0.1, 0.15) is 15.9 Å². The molecular weight excluding hydrogens is 618 g/mol. The first kappa shape index (κ1) is 30.8. The van der Waals surface area contributed by atoms with E-state index in [0.29, 0.717) is 5.29 Å². The van der Waals surface area contributed by atoms with Gasteiger partial charge in [0.05, 0.1) is 21.2 Å². The van der Waals surface area contributed by atoms with Gasteiger partial charge in [-0.25, -0.2) is 0 Å². The predicted octanol–water partition coefficient (Wildman–Crippen LogP) is 6.77. The van der Waals surface area contributed by atoms with Gasteiger partial charge in [0.15, 0.2) is 0 Å². The molecule has 0 fully saturated rings. The Morgan fingerprint density at radius 3 is 1.80 bits per heavy atom. The number of nitrogens with one attached hydrogen (secondary N) is 1. The average Bonchev–Trinajstić information content (AvgIpc) is 3.04. The summed E-state index contributed by atoms with van der Waals surface area (Å²) >= 11 is 12.6. The lowest BCUT2D eigenvalue weighted by atomic mass is 10.0. The van der Waals surface area contributed by atoms with Crippen molar-refractivity contribution in [3.8, 4) is 5.75 Å². The van der Waals surface area contributed by atoms with Gasteiger partial charge in [0, 0.05) is 34.4 Å². The maximum Gasteiger partial charge on any atom is 0.271 e. The number of rotatable bonds is 9. The fourth-order valence-corrected chi connectivity index (χ4v) is 9.98. The van der Waals surface area contributed by atoms with Gasteiger partial charge in [-0.1, -0.05) is 114 Å². The van der Waals surface area contributed by atoms with E-state index in [0.717, 1.165) is 28.3 Å². The van der Waals surface area contributed by atoms with Gasteiger partial charge in [-0.05, 0) is 41.0 Å². The second-order valence-electron chi connectivity index (χ2n) is 9.80. The van der Waals surface area contributed by atoms with Crippen LogP contribution in [0.25, 0.3) is 0 Å². The largest absolute Gasteiger partial charge is 0.507 e. The molecule has 7 nitrogen and oxygen atoms in total. The summed E-state index contributed by atoms with van der Waals surface area (Å²) < 4.78 is 0. The Kier molecular flexibility index (Phi) is 9.31. The Morgan fingerprint density at radius 2 is 1.34 bits per heavy atom. The third kappa shape index (κ3) is 6.03. The van der Waals surface area contributed by atoms with Crippen LogP contribution < -0.4 is 21.2 Å². The van der Waals surface area contributed by atoms with Gasteiger partial charge in [-0.2, -0.15) is 0 Å². The zero-order valence-electron chi connectivity index (χ0n) is 23.1. The summed E-state index contributed by atoms with van der Waals surface area (Å²) in [6.45, 7) is -2.76. The Labute approximate surface area is 263 Å². The molecule has 44 heavy (non-hydrogen) atoms. The van der Waals surface area contributed by atoms with Gasteiger partial charge < -0.3 is 10.4 Å². The van der Waals surface area contributed by atoms with Crippen LogP contribution in [0.4, 0.5) is 11.4 Å². The fourth-order valence-electron chi connectivity index (χ4n) is 5.21. The topological polar surface area (TPSA) is 110 Å². The molecule has 0 saturated carbocycles. The number of nitro groups is 1. The Bertz CT molecular complexity index is 1810. The first-order valence-electron chi connectivity index (χ1n) is 13.4. The number of aldehydes is 1. The van der Waals surface area contributed by atoms with Crippen LogP contribution in [0.2, 0.25) is 10.0 Å². The number of amides is 1. The van der Waals surface area contributed by atoms with Crippen LogP contribution in [0.3, 0.4) is 0 Å². The molecule has 2 N–H and O–H groups in total. The summed E-state index contributed by atoms with van der Waals surface area (Å²) in [5.74, 6) is -1.08. The number of carbonyl (C=O) groups is 2. The van der Waals surface area contributed by atoms with E-state index in [1.165, 1.54) is 24.3 Å². The van der Waals surface area contributed by atoms with Crippen molar-refractivity contribution in [2.24, 2.45) is 0 Å². The van der Waals surface area contributed by atoms with E-state index in [1.807, 2.05) is 91.0 Å². The minimum Gasteiger partial charge on any atom is -0.507 e. The maximum absolute atomic E-state index is 13.3. The normalized spacial score (nSPS) is 11.0. The van der Waals surface area contributed by atoms with Crippen LogP contribution in [0.15, 0.2) is 121 Å². The Balaban J connectivity index is 1.68. The van der Waals surface area contributed by atoms with Crippen molar-refractivity contribution in [1.29, 1.82) is 0 Å². The standard InChI is InChI=1S/C34H25Cl2N2O5P/c35-24-18-23(33(40)30(20-24)34(41)37-32-17-16-25(38(42)43)21-31(32)36)19-29(22-39)44(26-10-4-1-5-11-26,27-12-6-2-7-13-27)28-14-8-3-9-15-28/h1-18,20-22,40H,19H2,(H,37,41). The molecule has 0 aliphatic heterocycles. The Morgan fingerprint density at radius 1 is 0.818 bits per heavy atom. The summed E-state index contributed by atoms with van der Waals surface area (Å²) in [4.78, 5) is 37.0. The number of phenols is 1. The number of nitrogens with zero attached hydrogens (tertiary/aromatic N) is 1. The molecule has 0 radical (unpaired) electrons. The summed E-state index contributed by atoms with van der Waals surface area (Å²) in [6.07, 6.45) is 0.846. The van der Waals surface area contributed by atoms with E-state index < -0.39 is 17.7 Å². The van der Waals surface area contributed by atoms with Gasteiger partial charge in [0.25, 0.3) is 11.6 Å². The number of nitro benzene ring substituents is 1. The minimum atomic E-state index is -2.76. The zero-order chi connectivity index (χ0) is 31.3. The van der Waals surface area contributed by atoms with Gasteiger partial charge in [0.2, 0.25) is 0 Å². The highest BCUT2D eigenvalue weighted by molar-refractivity contribution is 7.96.